The van der Waals surface area contributed by atoms with Crippen LogP contribution in [-0.4, -0.2) is 28.8 Å². The Hall–Kier alpha value is -2.05. The number of carbonyl (C=O) groups excluding carboxylic acids is 1. The summed E-state index contributed by atoms with van der Waals surface area (Å²) in [6, 6.07) is 1.48. The summed E-state index contributed by atoms with van der Waals surface area (Å²) in [4.78, 5) is 23.2. The zero-order chi connectivity index (χ0) is 14.7. The van der Waals surface area contributed by atoms with E-state index in [1.807, 2.05) is 0 Å². The second kappa shape index (κ2) is 5.94. The van der Waals surface area contributed by atoms with E-state index in [-0.39, 0.29) is 0 Å². The third-order valence-corrected chi connectivity index (χ3v) is 3.37. The summed E-state index contributed by atoms with van der Waals surface area (Å²) in [6.45, 7) is 0.834. The molecule has 0 aliphatic carbocycles. The van der Waals surface area contributed by atoms with Crippen LogP contribution in [0.15, 0.2) is 12.1 Å². The SMILES string of the molecule is O=C(c1c(F)ccc([N+](=O)[O-])c1F)N1CCCCCC1. The third-order valence-electron chi connectivity index (χ3n) is 3.37. The summed E-state index contributed by atoms with van der Waals surface area (Å²) in [6.07, 6.45) is 3.46. The van der Waals surface area contributed by atoms with Gasteiger partial charge in [-0.15, -0.1) is 0 Å². The molecular weight excluding hydrogens is 270 g/mol. The van der Waals surface area contributed by atoms with Gasteiger partial charge in [0.1, 0.15) is 11.4 Å². The van der Waals surface area contributed by atoms with Gasteiger partial charge in [0.05, 0.1) is 4.92 Å². The molecule has 1 amide bonds. The summed E-state index contributed by atoms with van der Waals surface area (Å²) in [5.74, 6) is -3.28. The van der Waals surface area contributed by atoms with Crippen LogP contribution in [-0.2, 0) is 0 Å². The maximum Gasteiger partial charge on any atom is 0.305 e. The number of nitro groups is 1. The molecule has 1 saturated heterocycles. The molecule has 1 heterocycles. The van der Waals surface area contributed by atoms with Gasteiger partial charge in [-0.05, 0) is 18.9 Å². The maximum atomic E-state index is 14.0. The monoisotopic (exact) mass is 284 g/mol. The molecule has 1 aromatic carbocycles. The molecule has 0 unspecified atom stereocenters. The van der Waals surface area contributed by atoms with Gasteiger partial charge >= 0.3 is 5.69 Å². The lowest BCUT2D eigenvalue weighted by Gasteiger charge is -2.20. The van der Waals surface area contributed by atoms with Crippen molar-refractivity contribution in [2.24, 2.45) is 0 Å². The lowest BCUT2D eigenvalue weighted by atomic mass is 10.1. The second-order valence-corrected chi connectivity index (χ2v) is 4.72. The molecule has 1 aliphatic heterocycles. The Kier molecular flexibility index (Phi) is 4.26. The van der Waals surface area contributed by atoms with Crippen LogP contribution in [0.1, 0.15) is 36.0 Å². The van der Waals surface area contributed by atoms with Crippen molar-refractivity contribution in [1.29, 1.82) is 0 Å². The van der Waals surface area contributed by atoms with Crippen LogP contribution in [0.3, 0.4) is 0 Å². The highest BCUT2D eigenvalue weighted by Crippen LogP contribution is 2.25. The molecule has 0 spiro atoms. The van der Waals surface area contributed by atoms with E-state index in [0.717, 1.165) is 37.8 Å². The predicted molar refractivity (Wildman–Crippen MR) is 67.4 cm³/mol. The number of rotatable bonds is 2. The number of halogens is 2. The quantitative estimate of drug-likeness (QED) is 0.619. The minimum Gasteiger partial charge on any atom is -0.338 e. The first-order chi connectivity index (χ1) is 9.52. The average molecular weight is 284 g/mol. The van der Waals surface area contributed by atoms with Crippen LogP contribution in [0.5, 0.6) is 0 Å². The Morgan fingerprint density at radius 1 is 1.15 bits per heavy atom. The van der Waals surface area contributed by atoms with Gasteiger partial charge < -0.3 is 4.90 Å². The number of amides is 1. The largest absolute Gasteiger partial charge is 0.338 e. The van der Waals surface area contributed by atoms with Gasteiger partial charge in [0.2, 0.25) is 5.82 Å². The fourth-order valence-electron chi connectivity index (χ4n) is 2.31. The van der Waals surface area contributed by atoms with E-state index in [2.05, 4.69) is 0 Å². The van der Waals surface area contributed by atoms with Crippen LogP contribution in [0.4, 0.5) is 14.5 Å². The van der Waals surface area contributed by atoms with Gasteiger partial charge in [-0.25, -0.2) is 4.39 Å². The molecule has 5 nitrogen and oxygen atoms in total. The molecule has 1 aromatic rings. The first-order valence-electron chi connectivity index (χ1n) is 6.44. The topological polar surface area (TPSA) is 63.4 Å². The molecule has 0 bridgehead atoms. The molecule has 1 fully saturated rings. The number of hydrogen-bond donors (Lipinski definition) is 0. The molecule has 20 heavy (non-hydrogen) atoms. The van der Waals surface area contributed by atoms with Gasteiger partial charge in [0.15, 0.2) is 0 Å². The fourth-order valence-corrected chi connectivity index (χ4v) is 2.31. The van der Waals surface area contributed by atoms with Gasteiger partial charge in [0, 0.05) is 19.2 Å². The minimum absolute atomic E-state index is 0.417. The molecule has 0 N–H and O–H groups in total. The zero-order valence-corrected chi connectivity index (χ0v) is 10.8. The van der Waals surface area contributed by atoms with Crippen molar-refractivity contribution in [2.45, 2.75) is 25.7 Å². The van der Waals surface area contributed by atoms with E-state index in [0.29, 0.717) is 13.1 Å². The van der Waals surface area contributed by atoms with Crippen LogP contribution in [0, 0.1) is 21.7 Å². The normalized spacial score (nSPS) is 15.8. The summed E-state index contributed by atoms with van der Waals surface area (Å²) >= 11 is 0. The average Bonchev–Trinajstić information content (AvgIpc) is 2.66. The van der Waals surface area contributed by atoms with Crippen molar-refractivity contribution < 1.29 is 18.5 Å². The van der Waals surface area contributed by atoms with E-state index in [1.165, 1.54) is 4.90 Å². The predicted octanol–water partition coefficient (Wildman–Crippen LogP) is 2.89. The molecule has 2 rings (SSSR count). The van der Waals surface area contributed by atoms with Crippen molar-refractivity contribution in [3.63, 3.8) is 0 Å². The third kappa shape index (κ3) is 2.76. The zero-order valence-electron chi connectivity index (χ0n) is 10.8. The number of carbonyl (C=O) groups is 1. The van der Waals surface area contributed by atoms with Crippen molar-refractivity contribution in [2.75, 3.05) is 13.1 Å². The Balaban J connectivity index is 2.37. The number of nitro benzene ring substituents is 1. The van der Waals surface area contributed by atoms with Crippen LogP contribution in [0.2, 0.25) is 0 Å². The van der Waals surface area contributed by atoms with Crippen molar-refractivity contribution >= 4 is 11.6 Å². The number of likely N-dealkylation sites (tertiary alicyclic amines) is 1. The summed E-state index contributed by atoms with van der Waals surface area (Å²) in [5, 5.41) is 10.7. The van der Waals surface area contributed by atoms with Gasteiger partial charge in [0.25, 0.3) is 5.91 Å². The van der Waals surface area contributed by atoms with E-state index in [1.54, 1.807) is 0 Å². The first kappa shape index (κ1) is 14.4. The second-order valence-electron chi connectivity index (χ2n) is 4.72. The lowest BCUT2D eigenvalue weighted by Crippen LogP contribution is -2.33. The van der Waals surface area contributed by atoms with Crippen molar-refractivity contribution in [1.82, 2.24) is 4.90 Å². The first-order valence-corrected chi connectivity index (χ1v) is 6.44. The Labute approximate surface area is 114 Å². The summed E-state index contributed by atoms with van der Waals surface area (Å²) < 4.78 is 27.7. The van der Waals surface area contributed by atoms with Gasteiger partial charge in [-0.1, -0.05) is 12.8 Å². The van der Waals surface area contributed by atoms with Gasteiger partial charge in [-0.2, -0.15) is 4.39 Å². The van der Waals surface area contributed by atoms with Crippen molar-refractivity contribution in [3.05, 3.63) is 39.4 Å². The number of benzene rings is 1. The standard InChI is InChI=1S/C13H14F2N2O3/c14-9-5-6-10(17(19)20)12(15)11(9)13(18)16-7-3-1-2-4-8-16/h5-6H,1-4,7-8H2. The smallest absolute Gasteiger partial charge is 0.305 e. The van der Waals surface area contributed by atoms with E-state index in [4.69, 9.17) is 0 Å². The molecule has 0 radical (unpaired) electrons. The summed E-state index contributed by atoms with van der Waals surface area (Å²) in [7, 11) is 0. The van der Waals surface area contributed by atoms with Crippen LogP contribution in [0.25, 0.3) is 0 Å². The molecule has 1 aliphatic rings. The van der Waals surface area contributed by atoms with Gasteiger partial charge in [-0.3, -0.25) is 14.9 Å². The molecule has 0 aromatic heterocycles. The Bertz CT molecular complexity index is 541. The highest BCUT2D eigenvalue weighted by atomic mass is 19.1. The molecule has 7 heteroatoms. The fraction of sp³-hybridized carbons (Fsp3) is 0.462. The van der Waals surface area contributed by atoms with E-state index >= 15 is 0 Å². The minimum atomic E-state index is -1.40. The molecule has 108 valence electrons. The summed E-state index contributed by atoms with van der Waals surface area (Å²) in [5.41, 5.74) is -1.72. The molecular formula is C13H14F2N2O3. The Morgan fingerprint density at radius 3 is 2.30 bits per heavy atom. The lowest BCUT2D eigenvalue weighted by molar-refractivity contribution is -0.387. The van der Waals surface area contributed by atoms with Crippen LogP contribution >= 0.6 is 0 Å². The number of nitrogens with zero attached hydrogens (tertiary/aromatic N) is 2. The highest BCUT2D eigenvalue weighted by molar-refractivity contribution is 5.95. The molecule has 0 saturated carbocycles. The Morgan fingerprint density at radius 2 is 1.75 bits per heavy atom. The maximum absolute atomic E-state index is 14.0. The van der Waals surface area contributed by atoms with Crippen molar-refractivity contribution in [3.8, 4) is 0 Å². The highest BCUT2D eigenvalue weighted by Gasteiger charge is 2.29. The number of hydrogen-bond acceptors (Lipinski definition) is 3. The van der Waals surface area contributed by atoms with E-state index < -0.39 is 33.7 Å². The van der Waals surface area contributed by atoms with Crippen LogP contribution < -0.4 is 0 Å². The molecule has 0 atom stereocenters. The van der Waals surface area contributed by atoms with E-state index in [9.17, 15) is 23.7 Å².